The van der Waals surface area contributed by atoms with E-state index in [4.69, 9.17) is 0 Å². The van der Waals surface area contributed by atoms with Crippen LogP contribution in [0.3, 0.4) is 0 Å². The fourth-order valence-electron chi connectivity index (χ4n) is 1.69. The molecule has 0 aliphatic rings. The first-order valence-electron chi connectivity index (χ1n) is 5.35. The number of hydrogen-bond donors (Lipinski definition) is 0. The maximum absolute atomic E-state index is 13.7. The van der Waals surface area contributed by atoms with Gasteiger partial charge in [0.05, 0.1) is 0 Å². The van der Waals surface area contributed by atoms with Gasteiger partial charge in [0.15, 0.2) is 0 Å². The highest BCUT2D eigenvalue weighted by Gasteiger charge is 2.04. The zero-order chi connectivity index (χ0) is 11.5. The second-order valence-electron chi connectivity index (χ2n) is 3.79. The molecule has 1 unspecified atom stereocenters. The van der Waals surface area contributed by atoms with Gasteiger partial charge in [0.25, 0.3) is 0 Å². The lowest BCUT2D eigenvalue weighted by atomic mass is 10.0. The Morgan fingerprint density at radius 1 is 1.06 bits per heavy atom. The van der Waals surface area contributed by atoms with Crippen LogP contribution in [-0.4, -0.2) is 0 Å². The summed E-state index contributed by atoms with van der Waals surface area (Å²) in [4.78, 5) is 0. The summed E-state index contributed by atoms with van der Waals surface area (Å²) in [7, 11) is 2.50. The van der Waals surface area contributed by atoms with E-state index < -0.39 is 0 Å². The summed E-state index contributed by atoms with van der Waals surface area (Å²) < 4.78 is 13.7. The number of benzene rings is 2. The van der Waals surface area contributed by atoms with Gasteiger partial charge in [0, 0.05) is 5.56 Å². The van der Waals surface area contributed by atoms with E-state index in [2.05, 4.69) is 16.2 Å². The van der Waals surface area contributed by atoms with Gasteiger partial charge in [0.1, 0.15) is 5.82 Å². The number of rotatable bonds is 2. The van der Waals surface area contributed by atoms with E-state index in [-0.39, 0.29) is 5.82 Å². The van der Waals surface area contributed by atoms with E-state index >= 15 is 0 Å². The molecule has 0 saturated heterocycles. The van der Waals surface area contributed by atoms with Gasteiger partial charge in [-0.05, 0) is 28.9 Å². The van der Waals surface area contributed by atoms with Crippen LogP contribution in [0.5, 0.6) is 0 Å². The molecule has 0 amide bonds. The van der Waals surface area contributed by atoms with E-state index in [1.54, 1.807) is 0 Å². The molecule has 0 saturated carbocycles. The Morgan fingerprint density at radius 3 is 2.31 bits per heavy atom. The average molecular weight is 232 g/mol. The maximum atomic E-state index is 13.7. The summed E-state index contributed by atoms with van der Waals surface area (Å²) in [5.41, 5.74) is 2.86. The molecule has 2 aromatic carbocycles. The van der Waals surface area contributed by atoms with Crippen LogP contribution >= 0.6 is 9.24 Å². The Hall–Kier alpha value is -1.20. The molecule has 0 aliphatic carbocycles. The summed E-state index contributed by atoms with van der Waals surface area (Å²) in [6.07, 6.45) is 1.01. The smallest absolute Gasteiger partial charge is 0.131 e. The Bertz CT molecular complexity index is 489. The minimum Gasteiger partial charge on any atom is -0.206 e. The largest absolute Gasteiger partial charge is 0.206 e. The molecule has 2 heteroatoms. The summed E-state index contributed by atoms with van der Waals surface area (Å²) in [6.45, 7) is 2.11. The third-order valence-electron chi connectivity index (χ3n) is 2.67. The Morgan fingerprint density at radius 2 is 1.75 bits per heavy atom. The zero-order valence-electron chi connectivity index (χ0n) is 9.20. The molecule has 0 aliphatic heterocycles. The minimum atomic E-state index is -0.170. The van der Waals surface area contributed by atoms with Crippen molar-refractivity contribution in [1.29, 1.82) is 0 Å². The molecule has 0 radical (unpaired) electrons. The van der Waals surface area contributed by atoms with Gasteiger partial charge in [-0.25, -0.2) is 4.39 Å². The lowest BCUT2D eigenvalue weighted by Gasteiger charge is -2.05. The van der Waals surface area contributed by atoms with Gasteiger partial charge in [-0.15, -0.1) is 9.24 Å². The van der Waals surface area contributed by atoms with E-state index in [1.165, 1.54) is 11.6 Å². The summed E-state index contributed by atoms with van der Waals surface area (Å²) in [5, 5.41) is 0.867. The molecule has 2 rings (SSSR count). The highest BCUT2D eigenvalue weighted by Crippen LogP contribution is 2.22. The highest BCUT2D eigenvalue weighted by molar-refractivity contribution is 7.27. The van der Waals surface area contributed by atoms with Crippen LogP contribution < -0.4 is 5.30 Å². The van der Waals surface area contributed by atoms with Crippen LogP contribution in [0.15, 0.2) is 42.5 Å². The second-order valence-corrected chi connectivity index (χ2v) is 4.46. The van der Waals surface area contributed by atoms with Crippen molar-refractivity contribution in [1.82, 2.24) is 0 Å². The molecule has 0 bridgehead atoms. The topological polar surface area (TPSA) is 0 Å². The molecule has 16 heavy (non-hydrogen) atoms. The molecule has 0 heterocycles. The molecular weight excluding hydrogens is 218 g/mol. The third kappa shape index (κ3) is 2.31. The van der Waals surface area contributed by atoms with E-state index in [0.29, 0.717) is 5.56 Å². The Balaban J connectivity index is 2.42. The zero-order valence-corrected chi connectivity index (χ0v) is 10.4. The van der Waals surface area contributed by atoms with E-state index in [1.807, 2.05) is 36.4 Å². The van der Waals surface area contributed by atoms with Crippen molar-refractivity contribution in [2.24, 2.45) is 0 Å². The van der Waals surface area contributed by atoms with Crippen LogP contribution in [0.1, 0.15) is 12.5 Å². The van der Waals surface area contributed by atoms with Crippen molar-refractivity contribution in [3.63, 3.8) is 0 Å². The second kappa shape index (κ2) is 4.76. The van der Waals surface area contributed by atoms with Gasteiger partial charge < -0.3 is 0 Å². The monoisotopic (exact) mass is 232 g/mol. The molecule has 0 spiro atoms. The minimum absolute atomic E-state index is 0.170. The molecule has 82 valence electrons. The molecule has 0 N–H and O–H groups in total. The van der Waals surface area contributed by atoms with Crippen molar-refractivity contribution in [3.8, 4) is 11.1 Å². The molecule has 0 aromatic heterocycles. The van der Waals surface area contributed by atoms with Gasteiger partial charge >= 0.3 is 0 Å². The standard InChI is InChI=1S/C14H14FP/c1-2-10-3-5-11(6-4-10)13-8-7-12(16)9-14(13)15/h3-9H,2,16H2,1H3. The highest BCUT2D eigenvalue weighted by atomic mass is 31.0. The summed E-state index contributed by atoms with van der Waals surface area (Å²) in [5.74, 6) is -0.170. The molecule has 0 nitrogen and oxygen atoms in total. The first kappa shape index (κ1) is 11.3. The molecule has 1 atom stereocenters. The van der Waals surface area contributed by atoms with E-state index in [0.717, 1.165) is 17.3 Å². The van der Waals surface area contributed by atoms with Crippen molar-refractivity contribution >= 4 is 14.5 Å². The van der Waals surface area contributed by atoms with Crippen molar-refractivity contribution < 1.29 is 4.39 Å². The van der Waals surface area contributed by atoms with Crippen molar-refractivity contribution in [2.75, 3.05) is 0 Å². The van der Waals surface area contributed by atoms with Gasteiger partial charge in [-0.1, -0.05) is 43.3 Å². The lowest BCUT2D eigenvalue weighted by molar-refractivity contribution is 0.632. The quantitative estimate of drug-likeness (QED) is 0.694. The van der Waals surface area contributed by atoms with Crippen LogP contribution in [0.2, 0.25) is 0 Å². The summed E-state index contributed by atoms with van der Waals surface area (Å²) in [6, 6.07) is 13.3. The predicted molar refractivity (Wildman–Crippen MR) is 70.6 cm³/mol. The maximum Gasteiger partial charge on any atom is 0.131 e. The van der Waals surface area contributed by atoms with Crippen molar-refractivity contribution in [2.45, 2.75) is 13.3 Å². The number of halogens is 1. The third-order valence-corrected chi connectivity index (χ3v) is 3.03. The van der Waals surface area contributed by atoms with Crippen LogP contribution in [0.4, 0.5) is 4.39 Å². The first-order valence-corrected chi connectivity index (χ1v) is 5.93. The van der Waals surface area contributed by atoms with Crippen molar-refractivity contribution in [3.05, 3.63) is 53.8 Å². The molecular formula is C14H14FP. The number of hydrogen-bond acceptors (Lipinski definition) is 0. The fraction of sp³-hybridized carbons (Fsp3) is 0.143. The Labute approximate surface area is 97.7 Å². The normalized spacial score (nSPS) is 10.4. The van der Waals surface area contributed by atoms with Crippen LogP contribution in [-0.2, 0) is 6.42 Å². The van der Waals surface area contributed by atoms with Crippen LogP contribution in [0.25, 0.3) is 11.1 Å². The molecule has 2 aromatic rings. The summed E-state index contributed by atoms with van der Waals surface area (Å²) >= 11 is 0. The van der Waals surface area contributed by atoms with Gasteiger partial charge in [-0.2, -0.15) is 0 Å². The number of aryl methyl sites for hydroxylation is 1. The lowest BCUT2D eigenvalue weighted by Crippen LogP contribution is -1.94. The fourth-order valence-corrected chi connectivity index (χ4v) is 1.93. The van der Waals surface area contributed by atoms with Gasteiger partial charge in [-0.3, -0.25) is 0 Å². The van der Waals surface area contributed by atoms with Crippen LogP contribution in [0, 0.1) is 5.82 Å². The van der Waals surface area contributed by atoms with E-state index in [9.17, 15) is 4.39 Å². The SMILES string of the molecule is CCc1ccc(-c2ccc(P)cc2F)cc1. The first-order chi connectivity index (χ1) is 7.70. The van der Waals surface area contributed by atoms with Gasteiger partial charge in [0.2, 0.25) is 0 Å². The average Bonchev–Trinajstić information content (AvgIpc) is 2.29. The predicted octanol–water partition coefficient (Wildman–Crippen LogP) is 3.56. The molecule has 0 fully saturated rings. The Kier molecular flexibility index (Phi) is 3.36.